The summed E-state index contributed by atoms with van der Waals surface area (Å²) in [5.74, 6) is 2.96. The molecule has 1 fully saturated rings. The zero-order chi connectivity index (χ0) is 24.9. The van der Waals surface area contributed by atoms with E-state index < -0.39 is 0 Å². The predicted molar refractivity (Wildman–Crippen MR) is 139 cm³/mol. The van der Waals surface area contributed by atoms with Crippen molar-refractivity contribution < 1.29 is 19.0 Å². The Kier molecular flexibility index (Phi) is 5.44. The van der Waals surface area contributed by atoms with Gasteiger partial charge in [-0.15, -0.1) is 0 Å². The molecule has 4 heterocycles. The Labute approximate surface area is 213 Å². The fourth-order valence-electron chi connectivity index (χ4n) is 5.17. The molecule has 2 aromatic heterocycles. The van der Waals surface area contributed by atoms with Crippen molar-refractivity contribution in [3.8, 4) is 23.1 Å². The lowest BCUT2D eigenvalue weighted by Crippen LogP contribution is -2.36. The third kappa shape index (κ3) is 3.80. The van der Waals surface area contributed by atoms with Gasteiger partial charge in [0.25, 0.3) is 0 Å². The van der Waals surface area contributed by atoms with E-state index in [1.165, 1.54) is 5.56 Å². The summed E-state index contributed by atoms with van der Waals surface area (Å²) >= 11 is 1.55. The van der Waals surface area contributed by atoms with Gasteiger partial charge < -0.3 is 24.0 Å². The van der Waals surface area contributed by atoms with Crippen LogP contribution in [0.3, 0.4) is 0 Å². The molecule has 0 aliphatic carbocycles. The van der Waals surface area contributed by atoms with Gasteiger partial charge in [-0.25, -0.2) is 9.97 Å². The number of hydrogen-bond donors (Lipinski definition) is 0. The first-order valence-corrected chi connectivity index (χ1v) is 12.6. The molecule has 1 amide bonds. The highest BCUT2D eigenvalue weighted by Gasteiger charge is 2.49. The zero-order valence-electron chi connectivity index (χ0n) is 20.4. The fraction of sp³-hybridized carbons (Fsp3) is 0.296. The van der Waals surface area contributed by atoms with Gasteiger partial charge in [-0.05, 0) is 60.5 Å². The van der Waals surface area contributed by atoms with Crippen molar-refractivity contribution in [2.75, 3.05) is 38.8 Å². The summed E-state index contributed by atoms with van der Waals surface area (Å²) in [7, 11) is 3.26. The molecule has 6 rings (SSSR count). The minimum atomic E-state index is -0.191. The first-order chi connectivity index (χ1) is 17.5. The molecule has 1 unspecified atom stereocenters. The standard InChI is InChI=1S/C27H26N4O4S/c1-17(32)30-13-12-27(15-30)16-31(26-28-22-9-11-24(34-3)29-25(22)36-26)23-10-8-20(14-21(23)27)35-19-6-4-18(33-2)5-7-19/h4-11,14H,12-13,15-16H2,1-3H3. The number of thiazole rings is 1. The van der Waals surface area contributed by atoms with Crippen molar-refractivity contribution in [2.45, 2.75) is 18.8 Å². The van der Waals surface area contributed by atoms with E-state index in [9.17, 15) is 4.79 Å². The maximum Gasteiger partial charge on any atom is 0.219 e. The molecular weight excluding hydrogens is 476 g/mol. The number of carbonyl (C=O) groups is 1. The average Bonchev–Trinajstić information content (AvgIpc) is 3.60. The van der Waals surface area contributed by atoms with Crippen molar-refractivity contribution in [3.05, 3.63) is 60.2 Å². The first kappa shape index (κ1) is 22.6. The Morgan fingerprint density at radius 3 is 2.44 bits per heavy atom. The number of aromatic nitrogens is 2. The van der Waals surface area contributed by atoms with Crippen LogP contribution in [0.4, 0.5) is 10.8 Å². The van der Waals surface area contributed by atoms with E-state index in [0.29, 0.717) is 12.4 Å². The Morgan fingerprint density at radius 2 is 1.72 bits per heavy atom. The number of anilines is 2. The summed E-state index contributed by atoms with van der Waals surface area (Å²) in [6, 6.07) is 17.5. The van der Waals surface area contributed by atoms with Crippen LogP contribution in [0.5, 0.6) is 23.1 Å². The highest BCUT2D eigenvalue weighted by atomic mass is 32.1. The lowest BCUT2D eigenvalue weighted by molar-refractivity contribution is -0.127. The summed E-state index contributed by atoms with van der Waals surface area (Å²) in [5, 5.41) is 0.883. The van der Waals surface area contributed by atoms with Crippen molar-refractivity contribution in [3.63, 3.8) is 0 Å². The molecule has 1 spiro atoms. The minimum Gasteiger partial charge on any atom is -0.497 e. The van der Waals surface area contributed by atoms with E-state index in [1.54, 1.807) is 32.5 Å². The summed E-state index contributed by atoms with van der Waals surface area (Å²) in [6.45, 7) is 3.80. The second-order valence-electron chi connectivity index (χ2n) is 9.19. The van der Waals surface area contributed by atoms with Gasteiger partial charge in [-0.2, -0.15) is 0 Å². The van der Waals surface area contributed by atoms with Gasteiger partial charge in [-0.1, -0.05) is 11.3 Å². The van der Waals surface area contributed by atoms with E-state index in [2.05, 4.69) is 22.0 Å². The predicted octanol–water partition coefficient (Wildman–Crippen LogP) is 5.14. The molecule has 1 saturated heterocycles. The van der Waals surface area contributed by atoms with Gasteiger partial charge in [0.2, 0.25) is 11.8 Å². The average molecular weight is 503 g/mol. The molecule has 184 valence electrons. The summed E-state index contributed by atoms with van der Waals surface area (Å²) in [4.78, 5) is 26.7. The Balaban J connectivity index is 1.39. The molecule has 8 nitrogen and oxygen atoms in total. The van der Waals surface area contributed by atoms with Crippen LogP contribution in [0, 0.1) is 0 Å². The number of methoxy groups -OCH3 is 2. The number of rotatable bonds is 5. The van der Waals surface area contributed by atoms with Crippen LogP contribution < -0.4 is 19.1 Å². The van der Waals surface area contributed by atoms with Crippen molar-refractivity contribution in [1.82, 2.24) is 14.9 Å². The van der Waals surface area contributed by atoms with Crippen LogP contribution in [-0.4, -0.2) is 54.6 Å². The molecule has 2 aromatic carbocycles. The van der Waals surface area contributed by atoms with Crippen LogP contribution in [0.1, 0.15) is 18.9 Å². The van der Waals surface area contributed by atoms with Gasteiger partial charge in [0.05, 0.1) is 14.2 Å². The number of likely N-dealkylation sites (tertiary alicyclic amines) is 1. The second-order valence-corrected chi connectivity index (χ2v) is 10.1. The van der Waals surface area contributed by atoms with Crippen LogP contribution in [0.15, 0.2) is 54.6 Å². The van der Waals surface area contributed by atoms with Crippen molar-refractivity contribution in [2.24, 2.45) is 0 Å². The second kappa shape index (κ2) is 8.67. The number of pyridine rings is 1. The van der Waals surface area contributed by atoms with E-state index in [0.717, 1.165) is 57.9 Å². The number of hydrogen-bond acceptors (Lipinski definition) is 8. The third-order valence-electron chi connectivity index (χ3n) is 7.04. The summed E-state index contributed by atoms with van der Waals surface area (Å²) in [6.07, 6.45) is 0.888. The number of ether oxygens (including phenoxy) is 3. The van der Waals surface area contributed by atoms with E-state index >= 15 is 0 Å². The summed E-state index contributed by atoms with van der Waals surface area (Å²) in [5.41, 5.74) is 2.92. The van der Waals surface area contributed by atoms with Gasteiger partial charge in [0.1, 0.15) is 27.6 Å². The van der Waals surface area contributed by atoms with Crippen LogP contribution in [-0.2, 0) is 10.2 Å². The van der Waals surface area contributed by atoms with Crippen molar-refractivity contribution in [1.29, 1.82) is 0 Å². The van der Waals surface area contributed by atoms with Crippen molar-refractivity contribution >= 4 is 38.4 Å². The third-order valence-corrected chi connectivity index (χ3v) is 8.03. The van der Waals surface area contributed by atoms with Gasteiger partial charge in [0, 0.05) is 43.7 Å². The highest BCUT2D eigenvalue weighted by Crippen LogP contribution is 2.51. The van der Waals surface area contributed by atoms with E-state index in [1.807, 2.05) is 47.4 Å². The van der Waals surface area contributed by atoms with Crippen LogP contribution >= 0.6 is 11.3 Å². The van der Waals surface area contributed by atoms with E-state index in [-0.39, 0.29) is 11.3 Å². The Bertz CT molecular complexity index is 1450. The monoisotopic (exact) mass is 502 g/mol. The number of fused-ring (bicyclic) bond motifs is 3. The zero-order valence-corrected chi connectivity index (χ0v) is 21.2. The number of nitrogens with zero attached hydrogens (tertiary/aromatic N) is 4. The van der Waals surface area contributed by atoms with Gasteiger partial charge in [0.15, 0.2) is 5.13 Å². The molecule has 0 bridgehead atoms. The minimum absolute atomic E-state index is 0.105. The fourth-order valence-corrected chi connectivity index (χ4v) is 6.11. The molecule has 36 heavy (non-hydrogen) atoms. The van der Waals surface area contributed by atoms with E-state index in [4.69, 9.17) is 19.2 Å². The Hall–Kier alpha value is -3.85. The molecule has 0 radical (unpaired) electrons. The largest absolute Gasteiger partial charge is 0.497 e. The number of benzene rings is 2. The molecule has 4 aromatic rings. The first-order valence-electron chi connectivity index (χ1n) is 11.8. The molecule has 2 aliphatic rings. The van der Waals surface area contributed by atoms with Gasteiger partial charge >= 0.3 is 0 Å². The highest BCUT2D eigenvalue weighted by molar-refractivity contribution is 7.21. The smallest absolute Gasteiger partial charge is 0.219 e. The lowest BCUT2D eigenvalue weighted by Gasteiger charge is -2.25. The quantitative estimate of drug-likeness (QED) is 0.374. The molecule has 1 atom stereocenters. The molecule has 9 heteroatoms. The SMILES string of the molecule is COc1ccc(Oc2ccc3c(c2)C2(CCN(C(C)=O)C2)CN3c2nc3ccc(OC)nc3s2)cc1. The molecular formula is C27H26N4O4S. The number of carbonyl (C=O) groups excluding carboxylic acids is 1. The lowest BCUT2D eigenvalue weighted by atomic mass is 9.81. The maximum absolute atomic E-state index is 12.2. The maximum atomic E-state index is 12.2. The van der Waals surface area contributed by atoms with Crippen LogP contribution in [0.2, 0.25) is 0 Å². The topological polar surface area (TPSA) is 77.0 Å². The molecule has 2 aliphatic heterocycles. The summed E-state index contributed by atoms with van der Waals surface area (Å²) < 4.78 is 16.7. The van der Waals surface area contributed by atoms with Crippen LogP contribution in [0.25, 0.3) is 10.3 Å². The molecule has 0 saturated carbocycles. The number of amides is 1. The Morgan fingerprint density at radius 1 is 0.944 bits per heavy atom. The molecule has 0 N–H and O–H groups in total. The van der Waals surface area contributed by atoms with Gasteiger partial charge in [-0.3, -0.25) is 4.79 Å². The normalized spacial score (nSPS) is 18.6.